The maximum absolute atomic E-state index is 12.6. The highest BCUT2D eigenvalue weighted by Crippen LogP contribution is 2.26. The lowest BCUT2D eigenvalue weighted by atomic mass is 9.97. The molecular formula is C21H23N5O3. The quantitative estimate of drug-likeness (QED) is 0.711. The van der Waals surface area contributed by atoms with E-state index in [0.29, 0.717) is 18.1 Å². The van der Waals surface area contributed by atoms with Gasteiger partial charge in [0.05, 0.1) is 18.7 Å². The molecule has 29 heavy (non-hydrogen) atoms. The number of carbonyl (C=O) groups is 1. The third kappa shape index (κ3) is 4.37. The highest BCUT2D eigenvalue weighted by atomic mass is 16.5. The van der Waals surface area contributed by atoms with Crippen LogP contribution in [0.4, 0.5) is 11.6 Å². The van der Waals surface area contributed by atoms with Crippen molar-refractivity contribution in [1.82, 2.24) is 15.1 Å². The first kappa shape index (κ1) is 18.9. The van der Waals surface area contributed by atoms with E-state index in [9.17, 15) is 4.79 Å². The fraction of sp³-hybridized carbons (Fsp3) is 0.333. The van der Waals surface area contributed by atoms with E-state index in [0.717, 1.165) is 42.2 Å². The van der Waals surface area contributed by atoms with Gasteiger partial charge < -0.3 is 19.5 Å². The molecule has 1 fully saturated rings. The lowest BCUT2D eigenvalue weighted by Crippen LogP contribution is -2.41. The van der Waals surface area contributed by atoms with Crippen LogP contribution in [0.15, 0.2) is 47.2 Å². The number of ether oxygens (including phenoxy) is 1. The Labute approximate surface area is 168 Å². The molecule has 1 aromatic carbocycles. The number of anilines is 2. The Morgan fingerprint density at radius 3 is 2.79 bits per heavy atom. The Kier molecular flexibility index (Phi) is 5.41. The van der Waals surface area contributed by atoms with E-state index in [4.69, 9.17) is 9.26 Å². The minimum atomic E-state index is -0.139. The van der Waals surface area contributed by atoms with Crippen LogP contribution < -0.4 is 15.0 Å². The highest BCUT2D eigenvalue weighted by Gasteiger charge is 2.27. The number of aryl methyl sites for hydroxylation is 1. The van der Waals surface area contributed by atoms with Crippen LogP contribution in [-0.4, -0.2) is 41.2 Å². The average molecular weight is 393 g/mol. The van der Waals surface area contributed by atoms with Gasteiger partial charge >= 0.3 is 0 Å². The van der Waals surface area contributed by atoms with Crippen LogP contribution in [0.3, 0.4) is 0 Å². The summed E-state index contributed by atoms with van der Waals surface area (Å²) in [6.45, 7) is 3.24. The highest BCUT2D eigenvalue weighted by molar-refractivity contribution is 5.92. The molecule has 1 aliphatic rings. The Balaban J connectivity index is 1.47. The molecule has 0 bridgehead atoms. The van der Waals surface area contributed by atoms with Crippen molar-refractivity contribution in [2.75, 3.05) is 30.4 Å². The van der Waals surface area contributed by atoms with Gasteiger partial charge in [0.2, 0.25) is 5.91 Å². The molecule has 3 aromatic rings. The molecule has 8 nitrogen and oxygen atoms in total. The van der Waals surface area contributed by atoms with Crippen LogP contribution in [-0.2, 0) is 4.79 Å². The van der Waals surface area contributed by atoms with E-state index < -0.39 is 0 Å². The zero-order valence-corrected chi connectivity index (χ0v) is 16.5. The molecule has 8 heteroatoms. The predicted molar refractivity (Wildman–Crippen MR) is 109 cm³/mol. The summed E-state index contributed by atoms with van der Waals surface area (Å²) >= 11 is 0. The Morgan fingerprint density at radius 2 is 2.07 bits per heavy atom. The molecule has 1 saturated heterocycles. The Hall–Kier alpha value is -3.42. The number of piperidine rings is 1. The summed E-state index contributed by atoms with van der Waals surface area (Å²) in [5, 5.41) is 6.67. The standard InChI is InChI=1S/C21H23N5O3/c1-14-10-19(25-29-14)24-21(27)16-4-3-9-26(12-16)20-11-18(22-13-23-20)15-5-7-17(28-2)8-6-15/h5-8,10-11,13,16H,3-4,9,12H2,1-2H3,(H,24,25,27). The van der Waals surface area contributed by atoms with Gasteiger partial charge in [-0.15, -0.1) is 0 Å². The molecule has 0 saturated carbocycles. The topological polar surface area (TPSA) is 93.4 Å². The Bertz CT molecular complexity index is 986. The second-order valence-electron chi connectivity index (χ2n) is 7.09. The van der Waals surface area contributed by atoms with Gasteiger partial charge in [-0.1, -0.05) is 5.16 Å². The second-order valence-corrected chi connectivity index (χ2v) is 7.09. The first-order valence-corrected chi connectivity index (χ1v) is 9.58. The van der Waals surface area contributed by atoms with Crippen LogP contribution in [0.5, 0.6) is 5.75 Å². The van der Waals surface area contributed by atoms with Crippen molar-refractivity contribution in [3.05, 3.63) is 48.5 Å². The van der Waals surface area contributed by atoms with Gasteiger partial charge in [0.1, 0.15) is 23.7 Å². The van der Waals surface area contributed by atoms with Gasteiger partial charge in [-0.3, -0.25) is 4.79 Å². The fourth-order valence-corrected chi connectivity index (χ4v) is 3.49. The lowest BCUT2D eigenvalue weighted by molar-refractivity contribution is -0.120. The summed E-state index contributed by atoms with van der Waals surface area (Å²) < 4.78 is 10.2. The SMILES string of the molecule is COc1ccc(-c2cc(N3CCCC(C(=O)Nc4cc(C)on4)C3)ncn2)cc1. The Morgan fingerprint density at radius 1 is 1.24 bits per heavy atom. The fourth-order valence-electron chi connectivity index (χ4n) is 3.49. The number of nitrogens with one attached hydrogen (secondary N) is 1. The molecule has 3 heterocycles. The maximum Gasteiger partial charge on any atom is 0.230 e. The van der Waals surface area contributed by atoms with Crippen molar-refractivity contribution in [1.29, 1.82) is 0 Å². The van der Waals surface area contributed by atoms with Crippen molar-refractivity contribution in [2.24, 2.45) is 5.92 Å². The zero-order valence-electron chi connectivity index (χ0n) is 16.5. The van der Waals surface area contributed by atoms with Crippen LogP contribution >= 0.6 is 0 Å². The minimum Gasteiger partial charge on any atom is -0.497 e. The third-order valence-corrected chi connectivity index (χ3v) is 5.03. The number of amides is 1. The molecule has 150 valence electrons. The predicted octanol–water partition coefficient (Wildman–Crippen LogP) is 3.30. The number of aromatic nitrogens is 3. The monoisotopic (exact) mass is 393 g/mol. The number of benzene rings is 1. The molecule has 1 atom stereocenters. The summed E-state index contributed by atoms with van der Waals surface area (Å²) in [4.78, 5) is 23.6. The molecule has 1 amide bonds. The normalized spacial score (nSPS) is 16.5. The smallest absolute Gasteiger partial charge is 0.230 e. The van der Waals surface area contributed by atoms with Crippen LogP contribution in [0.2, 0.25) is 0 Å². The number of nitrogens with zero attached hydrogens (tertiary/aromatic N) is 4. The van der Waals surface area contributed by atoms with Crippen LogP contribution in [0, 0.1) is 12.8 Å². The average Bonchev–Trinajstić information content (AvgIpc) is 3.18. The van der Waals surface area contributed by atoms with E-state index in [-0.39, 0.29) is 11.8 Å². The van der Waals surface area contributed by atoms with E-state index in [1.165, 1.54) is 0 Å². The summed E-state index contributed by atoms with van der Waals surface area (Å²) in [6, 6.07) is 11.4. The van der Waals surface area contributed by atoms with E-state index in [1.54, 1.807) is 26.4 Å². The number of carbonyl (C=O) groups excluding carboxylic acids is 1. The molecular weight excluding hydrogens is 370 g/mol. The zero-order chi connectivity index (χ0) is 20.2. The summed E-state index contributed by atoms with van der Waals surface area (Å²) in [7, 11) is 1.64. The molecule has 0 spiro atoms. The molecule has 4 rings (SSSR count). The van der Waals surface area contributed by atoms with Crippen LogP contribution in [0.1, 0.15) is 18.6 Å². The second kappa shape index (κ2) is 8.30. The van der Waals surface area contributed by atoms with E-state index in [2.05, 4.69) is 25.3 Å². The number of hydrogen-bond donors (Lipinski definition) is 1. The molecule has 1 unspecified atom stereocenters. The van der Waals surface area contributed by atoms with Crippen molar-refractivity contribution in [2.45, 2.75) is 19.8 Å². The largest absolute Gasteiger partial charge is 0.497 e. The molecule has 0 aliphatic carbocycles. The first-order chi connectivity index (χ1) is 14.1. The number of rotatable bonds is 5. The van der Waals surface area contributed by atoms with E-state index >= 15 is 0 Å². The van der Waals surface area contributed by atoms with E-state index in [1.807, 2.05) is 30.3 Å². The van der Waals surface area contributed by atoms with Crippen molar-refractivity contribution < 1.29 is 14.1 Å². The molecule has 1 N–H and O–H groups in total. The maximum atomic E-state index is 12.6. The minimum absolute atomic E-state index is 0.0487. The van der Waals surface area contributed by atoms with Crippen molar-refractivity contribution in [3.63, 3.8) is 0 Å². The number of hydrogen-bond acceptors (Lipinski definition) is 7. The van der Waals surface area contributed by atoms with Gasteiger partial charge in [0, 0.05) is 30.8 Å². The molecule has 0 radical (unpaired) electrons. The lowest BCUT2D eigenvalue weighted by Gasteiger charge is -2.32. The van der Waals surface area contributed by atoms with Gasteiger partial charge in [0.15, 0.2) is 5.82 Å². The molecule has 1 aliphatic heterocycles. The summed E-state index contributed by atoms with van der Waals surface area (Å²) in [6.07, 6.45) is 3.31. The van der Waals surface area contributed by atoms with Crippen molar-refractivity contribution >= 4 is 17.5 Å². The third-order valence-electron chi connectivity index (χ3n) is 5.03. The summed E-state index contributed by atoms with van der Waals surface area (Å²) in [5.74, 6) is 2.55. The summed E-state index contributed by atoms with van der Waals surface area (Å²) in [5.41, 5.74) is 1.82. The van der Waals surface area contributed by atoms with Gasteiger partial charge in [-0.25, -0.2) is 9.97 Å². The van der Waals surface area contributed by atoms with Gasteiger partial charge in [0.25, 0.3) is 0 Å². The van der Waals surface area contributed by atoms with Gasteiger partial charge in [-0.2, -0.15) is 0 Å². The van der Waals surface area contributed by atoms with Crippen LogP contribution in [0.25, 0.3) is 11.3 Å². The first-order valence-electron chi connectivity index (χ1n) is 9.58. The molecule has 2 aromatic heterocycles. The van der Waals surface area contributed by atoms with Gasteiger partial charge in [-0.05, 0) is 44.0 Å². The van der Waals surface area contributed by atoms with Crippen molar-refractivity contribution in [3.8, 4) is 17.0 Å². The number of methoxy groups -OCH3 is 1.